The van der Waals surface area contributed by atoms with Crippen LogP contribution in [0.1, 0.15) is 0 Å². The summed E-state index contributed by atoms with van der Waals surface area (Å²) in [5.74, 6) is 0.346. The Labute approximate surface area is 146 Å². The largest absolute Gasteiger partial charge is 0.434 e. The van der Waals surface area contributed by atoms with Gasteiger partial charge < -0.3 is 10.5 Å². The zero-order valence-electron chi connectivity index (χ0n) is 13.4. The van der Waals surface area contributed by atoms with Crippen LogP contribution in [0.4, 0.5) is 14.6 Å². The van der Waals surface area contributed by atoms with Crippen molar-refractivity contribution in [3.63, 3.8) is 0 Å². The third-order valence-electron chi connectivity index (χ3n) is 3.83. The molecule has 0 saturated heterocycles. The maximum Gasteiger partial charge on any atom is 0.387 e. The Morgan fingerprint density at radius 3 is 2.62 bits per heavy atom. The molecule has 1 aromatic carbocycles. The van der Waals surface area contributed by atoms with Gasteiger partial charge >= 0.3 is 6.61 Å². The molecule has 0 bridgehead atoms. The zero-order chi connectivity index (χ0) is 18.1. The third kappa shape index (κ3) is 2.81. The molecule has 3 heterocycles. The molecule has 130 valence electrons. The van der Waals surface area contributed by atoms with E-state index in [1.165, 1.54) is 10.6 Å². The predicted octanol–water partition coefficient (Wildman–Crippen LogP) is 3.64. The van der Waals surface area contributed by atoms with Gasteiger partial charge in [-0.3, -0.25) is 4.98 Å². The summed E-state index contributed by atoms with van der Waals surface area (Å²) in [5.41, 5.74) is 8.89. The smallest absolute Gasteiger partial charge is 0.387 e. The van der Waals surface area contributed by atoms with Crippen LogP contribution in [0.2, 0.25) is 0 Å². The normalized spacial score (nSPS) is 11.2. The second kappa shape index (κ2) is 6.40. The van der Waals surface area contributed by atoms with Gasteiger partial charge in [-0.2, -0.15) is 8.78 Å². The van der Waals surface area contributed by atoms with Gasteiger partial charge in [-0.05, 0) is 18.2 Å². The molecule has 0 aliphatic heterocycles. The number of alkyl halides is 2. The first-order chi connectivity index (χ1) is 12.6. The van der Waals surface area contributed by atoms with Gasteiger partial charge in [-0.25, -0.2) is 9.50 Å². The first kappa shape index (κ1) is 15.9. The Balaban J connectivity index is 1.84. The van der Waals surface area contributed by atoms with Crippen molar-refractivity contribution >= 4 is 11.5 Å². The first-order valence-electron chi connectivity index (χ1n) is 7.73. The lowest BCUT2D eigenvalue weighted by molar-refractivity contribution is -0.0494. The van der Waals surface area contributed by atoms with E-state index in [1.54, 1.807) is 42.9 Å². The molecule has 0 saturated carbocycles. The topological polar surface area (TPSA) is 78.3 Å². The minimum Gasteiger partial charge on any atom is -0.434 e. The van der Waals surface area contributed by atoms with Crippen molar-refractivity contribution in [2.45, 2.75) is 6.61 Å². The molecule has 0 aliphatic carbocycles. The van der Waals surface area contributed by atoms with Crippen LogP contribution >= 0.6 is 0 Å². The number of para-hydroxylation sites is 1. The minimum atomic E-state index is -2.91. The number of aromatic nitrogens is 4. The molecule has 8 heteroatoms. The van der Waals surface area contributed by atoms with Gasteiger partial charge in [0.1, 0.15) is 5.75 Å². The van der Waals surface area contributed by atoms with Gasteiger partial charge in [0.15, 0.2) is 11.5 Å². The highest BCUT2D eigenvalue weighted by Crippen LogP contribution is 2.33. The summed E-state index contributed by atoms with van der Waals surface area (Å²) in [6, 6.07) is 12.0. The maximum absolute atomic E-state index is 12.6. The van der Waals surface area contributed by atoms with Gasteiger partial charge in [0, 0.05) is 29.7 Å². The highest BCUT2D eigenvalue weighted by Gasteiger charge is 2.17. The molecule has 3 aromatic heterocycles. The monoisotopic (exact) mass is 353 g/mol. The van der Waals surface area contributed by atoms with Crippen molar-refractivity contribution in [2.24, 2.45) is 0 Å². The van der Waals surface area contributed by atoms with E-state index in [0.29, 0.717) is 28.0 Å². The van der Waals surface area contributed by atoms with Gasteiger partial charge in [-0.1, -0.05) is 24.3 Å². The first-order valence-corrected chi connectivity index (χ1v) is 7.73. The van der Waals surface area contributed by atoms with E-state index in [-0.39, 0.29) is 11.6 Å². The number of nitrogens with two attached hydrogens (primary N) is 1. The summed E-state index contributed by atoms with van der Waals surface area (Å²) < 4.78 is 31.4. The Kier molecular flexibility index (Phi) is 3.92. The number of hydrogen-bond donors (Lipinski definition) is 1. The lowest BCUT2D eigenvalue weighted by Crippen LogP contribution is -2.03. The zero-order valence-corrected chi connectivity index (χ0v) is 13.4. The number of rotatable bonds is 4. The molecular weight excluding hydrogens is 340 g/mol. The average Bonchev–Trinajstić information content (AvgIpc) is 2.97. The molecule has 4 aromatic rings. The standard InChI is InChI=1S/C18H13F2N5O/c19-18(20)26-14-7-2-1-5-12(14)11-9-23-17-15(13-6-3-4-8-22-13)16(21)24-25(17)10-11/h1-10,18H,(H2,21,24). The summed E-state index contributed by atoms with van der Waals surface area (Å²) >= 11 is 0. The number of nitrogens with zero attached hydrogens (tertiary/aromatic N) is 4. The van der Waals surface area contributed by atoms with Crippen LogP contribution in [0.3, 0.4) is 0 Å². The second-order valence-corrected chi connectivity index (χ2v) is 5.46. The average molecular weight is 353 g/mol. The number of hydrogen-bond acceptors (Lipinski definition) is 5. The molecule has 0 spiro atoms. The summed E-state index contributed by atoms with van der Waals surface area (Å²) in [7, 11) is 0. The van der Waals surface area contributed by atoms with Gasteiger partial charge in [-0.15, -0.1) is 5.10 Å². The summed E-state index contributed by atoms with van der Waals surface area (Å²) in [6.07, 6.45) is 4.89. The fourth-order valence-corrected chi connectivity index (χ4v) is 2.75. The molecule has 0 radical (unpaired) electrons. The van der Waals surface area contributed by atoms with Crippen molar-refractivity contribution < 1.29 is 13.5 Å². The molecule has 0 amide bonds. The Hall–Kier alpha value is -3.55. The van der Waals surface area contributed by atoms with E-state index in [9.17, 15) is 8.78 Å². The lowest BCUT2D eigenvalue weighted by atomic mass is 10.1. The van der Waals surface area contributed by atoms with Crippen LogP contribution in [0.15, 0.2) is 61.1 Å². The molecule has 2 N–H and O–H groups in total. The van der Waals surface area contributed by atoms with Gasteiger partial charge in [0.25, 0.3) is 0 Å². The van der Waals surface area contributed by atoms with Crippen molar-refractivity contribution in [3.8, 4) is 28.1 Å². The molecular formula is C18H13F2N5O. The van der Waals surface area contributed by atoms with Gasteiger partial charge in [0.2, 0.25) is 0 Å². The summed E-state index contributed by atoms with van der Waals surface area (Å²) in [4.78, 5) is 8.70. The molecule has 0 fully saturated rings. The number of anilines is 1. The highest BCUT2D eigenvalue weighted by molar-refractivity contribution is 5.85. The number of nitrogen functional groups attached to an aromatic ring is 1. The van der Waals surface area contributed by atoms with E-state index in [2.05, 4.69) is 19.8 Å². The van der Waals surface area contributed by atoms with E-state index >= 15 is 0 Å². The van der Waals surface area contributed by atoms with Crippen molar-refractivity contribution in [1.82, 2.24) is 19.6 Å². The van der Waals surface area contributed by atoms with Crippen LogP contribution < -0.4 is 10.5 Å². The van der Waals surface area contributed by atoms with E-state index in [1.807, 2.05) is 12.1 Å². The SMILES string of the molecule is Nc1nn2cc(-c3ccccc3OC(F)F)cnc2c1-c1ccccn1. The fourth-order valence-electron chi connectivity index (χ4n) is 2.75. The Morgan fingerprint density at radius 1 is 1.04 bits per heavy atom. The number of fused-ring (bicyclic) bond motifs is 1. The van der Waals surface area contributed by atoms with Gasteiger partial charge in [0.05, 0.1) is 11.3 Å². The molecule has 4 rings (SSSR count). The number of pyridine rings is 1. The van der Waals surface area contributed by atoms with Crippen LogP contribution in [-0.4, -0.2) is 26.2 Å². The molecule has 26 heavy (non-hydrogen) atoms. The molecule has 0 aliphatic rings. The Bertz CT molecular complexity index is 1070. The van der Waals surface area contributed by atoms with E-state index < -0.39 is 6.61 Å². The fraction of sp³-hybridized carbons (Fsp3) is 0.0556. The van der Waals surface area contributed by atoms with Crippen LogP contribution in [-0.2, 0) is 0 Å². The van der Waals surface area contributed by atoms with Crippen LogP contribution in [0, 0.1) is 0 Å². The number of benzene rings is 1. The van der Waals surface area contributed by atoms with E-state index in [0.717, 1.165) is 0 Å². The molecule has 0 unspecified atom stereocenters. The van der Waals surface area contributed by atoms with E-state index in [4.69, 9.17) is 5.73 Å². The van der Waals surface area contributed by atoms with Crippen molar-refractivity contribution in [3.05, 3.63) is 61.1 Å². The second-order valence-electron chi connectivity index (χ2n) is 5.46. The van der Waals surface area contributed by atoms with Crippen LogP contribution in [0.25, 0.3) is 28.0 Å². The maximum atomic E-state index is 12.6. The third-order valence-corrected chi connectivity index (χ3v) is 3.83. The lowest BCUT2D eigenvalue weighted by Gasteiger charge is -2.10. The van der Waals surface area contributed by atoms with Crippen LogP contribution in [0.5, 0.6) is 5.75 Å². The predicted molar refractivity (Wildman–Crippen MR) is 92.7 cm³/mol. The Morgan fingerprint density at radius 2 is 1.85 bits per heavy atom. The van der Waals surface area contributed by atoms with Crippen molar-refractivity contribution in [1.29, 1.82) is 0 Å². The molecule has 0 atom stereocenters. The highest BCUT2D eigenvalue weighted by atomic mass is 19.3. The minimum absolute atomic E-state index is 0.0636. The summed E-state index contributed by atoms with van der Waals surface area (Å²) in [5, 5.41) is 4.27. The summed E-state index contributed by atoms with van der Waals surface area (Å²) in [6.45, 7) is -2.91. The number of ether oxygens (including phenoxy) is 1. The number of halogens is 2. The van der Waals surface area contributed by atoms with Crippen molar-refractivity contribution in [2.75, 3.05) is 5.73 Å². The molecule has 6 nitrogen and oxygen atoms in total. The quantitative estimate of drug-likeness (QED) is 0.606.